The lowest BCUT2D eigenvalue weighted by molar-refractivity contribution is 0.192. The number of aromatic hydroxyl groups is 1. The van der Waals surface area contributed by atoms with E-state index in [2.05, 4.69) is 0 Å². The fourth-order valence-corrected chi connectivity index (χ4v) is 1.78. The van der Waals surface area contributed by atoms with Gasteiger partial charge in [-0.05, 0) is 19.1 Å². The molecular formula is C12H16O4. The van der Waals surface area contributed by atoms with Crippen LogP contribution in [0, 0.1) is 0 Å². The number of aliphatic hydroxyl groups is 1. The van der Waals surface area contributed by atoms with Gasteiger partial charge in [0.05, 0.1) is 19.3 Å². The number of phenolic OH excluding ortho intramolecular Hbond substituents is 1. The minimum absolute atomic E-state index is 0.144. The Morgan fingerprint density at radius 1 is 1.31 bits per heavy atom. The van der Waals surface area contributed by atoms with Crippen LogP contribution in [0.4, 0.5) is 0 Å². The van der Waals surface area contributed by atoms with Gasteiger partial charge in [-0.25, -0.2) is 0 Å². The number of phenols is 1. The topological polar surface area (TPSA) is 58.9 Å². The molecule has 0 fully saturated rings. The summed E-state index contributed by atoms with van der Waals surface area (Å²) in [7, 11) is 0. The third kappa shape index (κ3) is 2.22. The highest BCUT2D eigenvalue weighted by Gasteiger charge is 2.19. The fraction of sp³-hybridized carbons (Fsp3) is 0.500. The van der Waals surface area contributed by atoms with Crippen LogP contribution in [-0.4, -0.2) is 29.5 Å². The first-order chi connectivity index (χ1) is 7.68. The molecule has 0 saturated carbocycles. The van der Waals surface area contributed by atoms with Crippen LogP contribution in [-0.2, 0) is 6.42 Å². The highest BCUT2D eigenvalue weighted by molar-refractivity contribution is 5.53. The number of rotatable bonds is 2. The van der Waals surface area contributed by atoms with Crippen LogP contribution in [0.5, 0.6) is 17.2 Å². The van der Waals surface area contributed by atoms with Crippen LogP contribution < -0.4 is 9.47 Å². The van der Waals surface area contributed by atoms with Gasteiger partial charge in [-0.2, -0.15) is 0 Å². The highest BCUT2D eigenvalue weighted by atomic mass is 16.5. The van der Waals surface area contributed by atoms with E-state index in [1.807, 2.05) is 0 Å². The van der Waals surface area contributed by atoms with E-state index in [1.165, 1.54) is 0 Å². The van der Waals surface area contributed by atoms with E-state index >= 15 is 0 Å². The second-order valence-electron chi connectivity index (χ2n) is 3.99. The first-order valence-electron chi connectivity index (χ1n) is 5.47. The van der Waals surface area contributed by atoms with Gasteiger partial charge >= 0.3 is 0 Å². The van der Waals surface area contributed by atoms with Crippen LogP contribution in [0.2, 0.25) is 0 Å². The molecule has 4 heteroatoms. The molecule has 0 radical (unpaired) electrons. The van der Waals surface area contributed by atoms with E-state index < -0.39 is 6.10 Å². The van der Waals surface area contributed by atoms with Crippen molar-refractivity contribution in [1.82, 2.24) is 0 Å². The largest absolute Gasteiger partial charge is 0.508 e. The molecule has 0 aromatic heterocycles. The highest BCUT2D eigenvalue weighted by Crippen LogP contribution is 2.39. The maximum absolute atomic E-state index is 9.76. The van der Waals surface area contributed by atoms with Crippen molar-refractivity contribution in [3.63, 3.8) is 0 Å². The van der Waals surface area contributed by atoms with Crippen molar-refractivity contribution in [2.45, 2.75) is 25.9 Å². The normalized spacial score (nSPS) is 16.6. The standard InChI is InChI=1S/C12H16O4/c1-8(13)7-9-10(14)3-4-11-12(9)16-6-2-5-15-11/h3-4,8,13-14H,2,5-7H2,1H3. The summed E-state index contributed by atoms with van der Waals surface area (Å²) in [5.41, 5.74) is 0.620. The fourth-order valence-electron chi connectivity index (χ4n) is 1.78. The Morgan fingerprint density at radius 2 is 2.06 bits per heavy atom. The van der Waals surface area contributed by atoms with Gasteiger partial charge in [-0.15, -0.1) is 0 Å². The van der Waals surface area contributed by atoms with E-state index in [0.717, 1.165) is 6.42 Å². The first-order valence-corrected chi connectivity index (χ1v) is 5.47. The van der Waals surface area contributed by atoms with Crippen LogP contribution in [0.15, 0.2) is 12.1 Å². The van der Waals surface area contributed by atoms with Gasteiger partial charge in [0.25, 0.3) is 0 Å². The molecule has 1 aliphatic rings. The van der Waals surface area contributed by atoms with E-state index in [-0.39, 0.29) is 5.75 Å². The van der Waals surface area contributed by atoms with Gasteiger partial charge in [0, 0.05) is 18.4 Å². The maximum atomic E-state index is 9.76. The molecule has 2 N–H and O–H groups in total. The predicted octanol–water partition coefficient (Wildman–Crippen LogP) is 1.48. The number of fused-ring (bicyclic) bond motifs is 1. The number of hydrogen-bond donors (Lipinski definition) is 2. The number of ether oxygens (including phenoxy) is 2. The summed E-state index contributed by atoms with van der Waals surface area (Å²) in [6.07, 6.45) is 0.659. The van der Waals surface area contributed by atoms with Crippen molar-refractivity contribution in [3.05, 3.63) is 17.7 Å². The zero-order chi connectivity index (χ0) is 11.5. The lowest BCUT2D eigenvalue weighted by Crippen LogP contribution is -2.07. The predicted molar refractivity (Wildman–Crippen MR) is 59.1 cm³/mol. The Bertz CT molecular complexity index is 374. The van der Waals surface area contributed by atoms with Gasteiger partial charge in [0.1, 0.15) is 5.75 Å². The van der Waals surface area contributed by atoms with Crippen molar-refractivity contribution >= 4 is 0 Å². The van der Waals surface area contributed by atoms with E-state index in [0.29, 0.717) is 36.7 Å². The van der Waals surface area contributed by atoms with Crippen LogP contribution in [0.25, 0.3) is 0 Å². The minimum Gasteiger partial charge on any atom is -0.508 e. The van der Waals surface area contributed by atoms with Gasteiger partial charge in [0.2, 0.25) is 0 Å². The lowest BCUT2D eigenvalue weighted by atomic mass is 10.1. The Kier molecular flexibility index (Phi) is 3.19. The monoisotopic (exact) mass is 224 g/mol. The summed E-state index contributed by atoms with van der Waals surface area (Å²) in [6, 6.07) is 3.27. The summed E-state index contributed by atoms with van der Waals surface area (Å²) >= 11 is 0. The molecule has 1 aliphatic heterocycles. The van der Waals surface area contributed by atoms with Gasteiger partial charge in [0.15, 0.2) is 11.5 Å². The average Bonchev–Trinajstić information content (AvgIpc) is 2.47. The molecule has 1 unspecified atom stereocenters. The second kappa shape index (κ2) is 4.61. The van der Waals surface area contributed by atoms with Gasteiger partial charge in [-0.1, -0.05) is 0 Å². The van der Waals surface area contributed by atoms with E-state index in [1.54, 1.807) is 19.1 Å². The smallest absolute Gasteiger partial charge is 0.168 e. The average molecular weight is 224 g/mol. The first kappa shape index (κ1) is 11.1. The van der Waals surface area contributed by atoms with Crippen molar-refractivity contribution in [2.75, 3.05) is 13.2 Å². The molecular weight excluding hydrogens is 208 g/mol. The molecule has 16 heavy (non-hydrogen) atoms. The second-order valence-corrected chi connectivity index (χ2v) is 3.99. The Balaban J connectivity index is 2.40. The lowest BCUT2D eigenvalue weighted by Gasteiger charge is -2.14. The van der Waals surface area contributed by atoms with Crippen LogP contribution >= 0.6 is 0 Å². The molecule has 1 atom stereocenters. The molecule has 1 aromatic rings. The molecule has 1 aromatic carbocycles. The zero-order valence-corrected chi connectivity index (χ0v) is 9.27. The molecule has 0 amide bonds. The minimum atomic E-state index is -0.524. The molecule has 0 saturated heterocycles. The molecule has 1 heterocycles. The summed E-state index contributed by atoms with van der Waals surface area (Å²) in [4.78, 5) is 0. The summed E-state index contributed by atoms with van der Waals surface area (Å²) in [6.45, 7) is 2.87. The Morgan fingerprint density at radius 3 is 2.81 bits per heavy atom. The van der Waals surface area contributed by atoms with Crippen LogP contribution in [0.1, 0.15) is 18.9 Å². The van der Waals surface area contributed by atoms with Gasteiger partial charge < -0.3 is 19.7 Å². The van der Waals surface area contributed by atoms with E-state index in [4.69, 9.17) is 9.47 Å². The number of hydrogen-bond acceptors (Lipinski definition) is 4. The SMILES string of the molecule is CC(O)Cc1c(O)ccc2c1OCCCO2. The van der Waals surface area contributed by atoms with Crippen molar-refractivity contribution in [3.8, 4) is 17.2 Å². The number of aliphatic hydroxyl groups excluding tert-OH is 1. The molecule has 0 aliphatic carbocycles. The number of benzene rings is 1. The van der Waals surface area contributed by atoms with Crippen molar-refractivity contribution < 1.29 is 19.7 Å². The summed E-state index contributed by atoms with van der Waals surface area (Å²) in [5.74, 6) is 1.36. The third-order valence-electron chi connectivity index (χ3n) is 2.49. The van der Waals surface area contributed by atoms with E-state index in [9.17, 15) is 10.2 Å². The Labute approximate surface area is 94.4 Å². The van der Waals surface area contributed by atoms with Crippen molar-refractivity contribution in [2.24, 2.45) is 0 Å². The summed E-state index contributed by atoms with van der Waals surface area (Å²) in [5, 5.41) is 19.2. The molecule has 2 rings (SSSR count). The Hall–Kier alpha value is -1.42. The zero-order valence-electron chi connectivity index (χ0n) is 9.27. The third-order valence-corrected chi connectivity index (χ3v) is 2.49. The molecule has 4 nitrogen and oxygen atoms in total. The quantitative estimate of drug-likeness (QED) is 0.798. The maximum Gasteiger partial charge on any atom is 0.168 e. The molecule has 0 spiro atoms. The van der Waals surface area contributed by atoms with Crippen molar-refractivity contribution in [1.29, 1.82) is 0 Å². The van der Waals surface area contributed by atoms with Gasteiger partial charge in [-0.3, -0.25) is 0 Å². The van der Waals surface area contributed by atoms with Crippen LogP contribution in [0.3, 0.4) is 0 Å². The molecule has 0 bridgehead atoms. The summed E-state index contributed by atoms with van der Waals surface area (Å²) < 4.78 is 11.1. The molecule has 88 valence electrons.